The summed E-state index contributed by atoms with van der Waals surface area (Å²) in [5.74, 6) is -0.185. The third-order valence-corrected chi connectivity index (χ3v) is 2.92. The minimum absolute atomic E-state index is 0.119. The number of amides is 1. The molecular formula is C15H23N3O3. The highest BCUT2D eigenvalue weighted by Crippen LogP contribution is 2.21. The Morgan fingerprint density at radius 2 is 1.95 bits per heavy atom. The standard InChI is InChI=1S/C15H23N3O3/c1-9(2)8-17-14(19)10(3)18-13-7-11(15(20)21-4)5-6-12(13)16/h5-7,9-10,18H,8,16H2,1-4H3,(H,17,19). The third kappa shape index (κ3) is 4.98. The van der Waals surface area contributed by atoms with Gasteiger partial charge < -0.3 is 21.1 Å². The van der Waals surface area contributed by atoms with Gasteiger partial charge in [-0.3, -0.25) is 4.79 Å². The van der Waals surface area contributed by atoms with Gasteiger partial charge in [0.15, 0.2) is 0 Å². The summed E-state index contributed by atoms with van der Waals surface area (Å²) in [6.07, 6.45) is 0. The number of esters is 1. The predicted molar refractivity (Wildman–Crippen MR) is 83.1 cm³/mol. The molecular weight excluding hydrogens is 270 g/mol. The molecule has 1 aromatic rings. The molecule has 21 heavy (non-hydrogen) atoms. The summed E-state index contributed by atoms with van der Waals surface area (Å²) in [5.41, 5.74) is 7.23. The highest BCUT2D eigenvalue weighted by Gasteiger charge is 2.15. The zero-order valence-electron chi connectivity index (χ0n) is 12.9. The van der Waals surface area contributed by atoms with Gasteiger partial charge in [0.2, 0.25) is 5.91 Å². The number of anilines is 2. The predicted octanol–water partition coefficient (Wildman–Crippen LogP) is 1.63. The normalized spacial score (nSPS) is 11.9. The Hall–Kier alpha value is -2.24. The molecule has 1 amide bonds. The van der Waals surface area contributed by atoms with Crippen molar-refractivity contribution in [3.05, 3.63) is 23.8 Å². The van der Waals surface area contributed by atoms with E-state index in [0.29, 0.717) is 29.4 Å². The molecule has 0 bridgehead atoms. The number of benzene rings is 1. The van der Waals surface area contributed by atoms with Crippen molar-refractivity contribution in [2.45, 2.75) is 26.8 Å². The Balaban J connectivity index is 2.77. The summed E-state index contributed by atoms with van der Waals surface area (Å²) >= 11 is 0. The molecule has 1 aromatic carbocycles. The lowest BCUT2D eigenvalue weighted by atomic mass is 10.1. The molecule has 0 heterocycles. The van der Waals surface area contributed by atoms with Gasteiger partial charge in [-0.15, -0.1) is 0 Å². The molecule has 6 nitrogen and oxygen atoms in total. The van der Waals surface area contributed by atoms with E-state index < -0.39 is 12.0 Å². The van der Waals surface area contributed by atoms with E-state index in [-0.39, 0.29) is 5.91 Å². The lowest BCUT2D eigenvalue weighted by Gasteiger charge is -2.18. The van der Waals surface area contributed by atoms with Crippen molar-refractivity contribution in [2.24, 2.45) is 5.92 Å². The maximum atomic E-state index is 11.9. The molecule has 0 radical (unpaired) electrons. The fourth-order valence-electron chi connectivity index (χ4n) is 1.68. The Kier molecular flexibility index (Phi) is 6.02. The molecule has 4 N–H and O–H groups in total. The van der Waals surface area contributed by atoms with Crippen LogP contribution in [0.25, 0.3) is 0 Å². The first-order chi connectivity index (χ1) is 9.85. The maximum absolute atomic E-state index is 11.9. The average Bonchev–Trinajstić information content (AvgIpc) is 2.45. The van der Waals surface area contributed by atoms with Crippen LogP contribution in [0.15, 0.2) is 18.2 Å². The van der Waals surface area contributed by atoms with E-state index in [1.807, 2.05) is 13.8 Å². The summed E-state index contributed by atoms with van der Waals surface area (Å²) in [5, 5.41) is 5.84. The second-order valence-corrected chi connectivity index (χ2v) is 5.30. The van der Waals surface area contributed by atoms with E-state index in [1.165, 1.54) is 7.11 Å². The number of nitrogen functional groups attached to an aromatic ring is 1. The number of ether oxygens (including phenoxy) is 1. The lowest BCUT2D eigenvalue weighted by molar-refractivity contribution is -0.121. The first-order valence-corrected chi connectivity index (χ1v) is 6.87. The van der Waals surface area contributed by atoms with Crippen LogP contribution in [0.1, 0.15) is 31.1 Å². The zero-order valence-corrected chi connectivity index (χ0v) is 12.9. The number of carbonyl (C=O) groups excluding carboxylic acids is 2. The molecule has 1 rings (SSSR count). The van der Waals surface area contributed by atoms with Crippen LogP contribution in [0.5, 0.6) is 0 Å². The molecule has 0 spiro atoms. The highest BCUT2D eigenvalue weighted by atomic mass is 16.5. The van der Waals surface area contributed by atoms with Gasteiger partial charge in [0.05, 0.1) is 24.0 Å². The van der Waals surface area contributed by atoms with Crippen molar-refractivity contribution < 1.29 is 14.3 Å². The van der Waals surface area contributed by atoms with Crippen molar-refractivity contribution in [3.8, 4) is 0 Å². The van der Waals surface area contributed by atoms with Gasteiger partial charge in [0, 0.05) is 6.54 Å². The van der Waals surface area contributed by atoms with E-state index in [1.54, 1.807) is 25.1 Å². The molecule has 116 valence electrons. The number of carbonyl (C=O) groups is 2. The first-order valence-electron chi connectivity index (χ1n) is 6.87. The van der Waals surface area contributed by atoms with Crippen LogP contribution in [-0.2, 0) is 9.53 Å². The summed E-state index contributed by atoms with van der Waals surface area (Å²) in [6, 6.07) is 4.30. The van der Waals surface area contributed by atoms with Gasteiger partial charge in [-0.2, -0.15) is 0 Å². The molecule has 0 aliphatic rings. The molecule has 0 fully saturated rings. The minimum atomic E-state index is -0.459. The molecule has 0 aliphatic heterocycles. The molecule has 1 atom stereocenters. The van der Waals surface area contributed by atoms with Crippen LogP contribution >= 0.6 is 0 Å². The fourth-order valence-corrected chi connectivity index (χ4v) is 1.68. The monoisotopic (exact) mass is 293 g/mol. The Bertz CT molecular complexity index is 515. The van der Waals surface area contributed by atoms with Crippen LogP contribution in [-0.4, -0.2) is 31.6 Å². The number of rotatable bonds is 6. The van der Waals surface area contributed by atoms with Gasteiger partial charge >= 0.3 is 5.97 Å². The van der Waals surface area contributed by atoms with Gasteiger partial charge in [0.1, 0.15) is 6.04 Å². The Labute approximate surface area is 125 Å². The van der Waals surface area contributed by atoms with E-state index >= 15 is 0 Å². The summed E-state index contributed by atoms with van der Waals surface area (Å²) in [7, 11) is 1.31. The number of methoxy groups -OCH3 is 1. The van der Waals surface area contributed by atoms with Crippen LogP contribution in [0, 0.1) is 5.92 Å². The number of hydrogen-bond acceptors (Lipinski definition) is 5. The fraction of sp³-hybridized carbons (Fsp3) is 0.467. The summed E-state index contributed by atoms with van der Waals surface area (Å²) in [4.78, 5) is 23.4. The number of nitrogens with two attached hydrogens (primary N) is 1. The Morgan fingerprint density at radius 3 is 2.52 bits per heavy atom. The smallest absolute Gasteiger partial charge is 0.337 e. The lowest BCUT2D eigenvalue weighted by Crippen LogP contribution is -2.39. The molecule has 0 saturated carbocycles. The van der Waals surface area contributed by atoms with E-state index in [4.69, 9.17) is 5.73 Å². The SMILES string of the molecule is COC(=O)c1ccc(N)c(NC(C)C(=O)NCC(C)C)c1. The molecule has 6 heteroatoms. The van der Waals surface area contributed by atoms with E-state index in [0.717, 1.165) is 0 Å². The summed E-state index contributed by atoms with van der Waals surface area (Å²) in [6.45, 7) is 6.40. The first kappa shape index (κ1) is 16.8. The summed E-state index contributed by atoms with van der Waals surface area (Å²) < 4.78 is 4.66. The second-order valence-electron chi connectivity index (χ2n) is 5.30. The maximum Gasteiger partial charge on any atom is 0.337 e. The molecule has 1 unspecified atom stereocenters. The largest absolute Gasteiger partial charge is 0.465 e. The van der Waals surface area contributed by atoms with E-state index in [2.05, 4.69) is 15.4 Å². The van der Waals surface area contributed by atoms with Crippen molar-refractivity contribution in [1.82, 2.24) is 5.32 Å². The molecule has 0 saturated heterocycles. The van der Waals surface area contributed by atoms with Gasteiger partial charge in [-0.05, 0) is 31.0 Å². The second kappa shape index (κ2) is 7.52. The number of hydrogen-bond donors (Lipinski definition) is 3. The third-order valence-electron chi connectivity index (χ3n) is 2.92. The van der Waals surface area contributed by atoms with Crippen molar-refractivity contribution in [1.29, 1.82) is 0 Å². The molecule has 0 aliphatic carbocycles. The van der Waals surface area contributed by atoms with Crippen molar-refractivity contribution in [3.63, 3.8) is 0 Å². The van der Waals surface area contributed by atoms with Gasteiger partial charge in [-0.25, -0.2) is 4.79 Å². The zero-order chi connectivity index (χ0) is 16.0. The average molecular weight is 293 g/mol. The van der Waals surface area contributed by atoms with Crippen LogP contribution in [0.4, 0.5) is 11.4 Å². The van der Waals surface area contributed by atoms with E-state index in [9.17, 15) is 9.59 Å². The minimum Gasteiger partial charge on any atom is -0.465 e. The van der Waals surface area contributed by atoms with Gasteiger partial charge in [-0.1, -0.05) is 13.8 Å². The topological polar surface area (TPSA) is 93.4 Å². The number of nitrogens with one attached hydrogen (secondary N) is 2. The van der Waals surface area contributed by atoms with Crippen molar-refractivity contribution in [2.75, 3.05) is 24.7 Å². The van der Waals surface area contributed by atoms with Crippen molar-refractivity contribution >= 4 is 23.3 Å². The quantitative estimate of drug-likeness (QED) is 0.547. The Morgan fingerprint density at radius 1 is 1.29 bits per heavy atom. The highest BCUT2D eigenvalue weighted by molar-refractivity contribution is 5.92. The van der Waals surface area contributed by atoms with Crippen LogP contribution in [0.2, 0.25) is 0 Å². The molecule has 0 aromatic heterocycles. The van der Waals surface area contributed by atoms with Gasteiger partial charge in [0.25, 0.3) is 0 Å². The van der Waals surface area contributed by atoms with Crippen LogP contribution < -0.4 is 16.4 Å². The van der Waals surface area contributed by atoms with Crippen LogP contribution in [0.3, 0.4) is 0 Å².